The molecule has 2 unspecified atom stereocenters. The Balaban J connectivity index is 2.19. The van der Waals surface area contributed by atoms with E-state index in [1.807, 2.05) is 13.8 Å². The molecule has 2 N–H and O–H groups in total. The fraction of sp³-hybridized carbons (Fsp3) is 1.00. The van der Waals surface area contributed by atoms with Crippen LogP contribution in [-0.4, -0.2) is 38.3 Å². The molecular weight excluding hydrogens is 194 g/mol. The van der Waals surface area contributed by atoms with E-state index in [0.717, 1.165) is 12.8 Å². The topological polar surface area (TPSA) is 53.7 Å². The third kappa shape index (κ3) is 4.47. The highest BCUT2D eigenvalue weighted by Crippen LogP contribution is 2.20. The van der Waals surface area contributed by atoms with E-state index in [1.54, 1.807) is 0 Å². The van der Waals surface area contributed by atoms with Gasteiger partial charge in [-0.1, -0.05) is 0 Å². The van der Waals surface area contributed by atoms with Crippen molar-refractivity contribution in [3.8, 4) is 0 Å². The summed E-state index contributed by atoms with van der Waals surface area (Å²) in [5, 5.41) is 0. The monoisotopic (exact) mass is 217 g/mol. The van der Waals surface area contributed by atoms with Crippen molar-refractivity contribution in [3.05, 3.63) is 0 Å². The molecule has 1 aliphatic carbocycles. The maximum atomic E-state index is 5.91. The summed E-state index contributed by atoms with van der Waals surface area (Å²) in [6.07, 6.45) is 3.24. The van der Waals surface area contributed by atoms with Crippen molar-refractivity contribution in [3.63, 3.8) is 0 Å². The third-order valence-electron chi connectivity index (χ3n) is 2.66. The van der Waals surface area contributed by atoms with Crippen LogP contribution in [0.1, 0.15) is 33.1 Å². The molecule has 4 nitrogen and oxygen atoms in total. The summed E-state index contributed by atoms with van der Waals surface area (Å²) >= 11 is 0. The number of rotatable bonds is 7. The second-order valence-corrected chi connectivity index (χ2v) is 3.81. The Kier molecular flexibility index (Phi) is 6.17. The molecule has 15 heavy (non-hydrogen) atoms. The first-order chi connectivity index (χ1) is 7.27. The van der Waals surface area contributed by atoms with E-state index in [9.17, 15) is 0 Å². The average molecular weight is 217 g/mol. The van der Waals surface area contributed by atoms with Gasteiger partial charge in [-0.3, -0.25) is 0 Å². The molecule has 0 amide bonds. The lowest BCUT2D eigenvalue weighted by Crippen LogP contribution is -2.35. The van der Waals surface area contributed by atoms with Crippen LogP contribution in [0.4, 0.5) is 0 Å². The van der Waals surface area contributed by atoms with Crippen LogP contribution in [0.15, 0.2) is 0 Å². The van der Waals surface area contributed by atoms with E-state index >= 15 is 0 Å². The fourth-order valence-corrected chi connectivity index (χ4v) is 1.88. The minimum Gasteiger partial charge on any atom is -0.371 e. The van der Waals surface area contributed by atoms with Crippen molar-refractivity contribution in [2.75, 3.05) is 19.8 Å². The van der Waals surface area contributed by atoms with Crippen LogP contribution >= 0.6 is 0 Å². The SMILES string of the molecule is CCOC(COC1CCCC1N)OCC. The Bertz CT molecular complexity index is 160. The standard InChI is InChI=1S/C11H23NO3/c1-3-13-11(14-4-2)8-15-10-7-5-6-9(10)12/h9-11H,3-8,12H2,1-2H3. The molecule has 0 heterocycles. The molecule has 1 fully saturated rings. The van der Waals surface area contributed by atoms with Crippen molar-refractivity contribution in [1.29, 1.82) is 0 Å². The number of ether oxygens (including phenoxy) is 3. The van der Waals surface area contributed by atoms with E-state index in [1.165, 1.54) is 6.42 Å². The second kappa shape index (κ2) is 7.17. The quantitative estimate of drug-likeness (QED) is 0.653. The molecule has 0 aromatic carbocycles. The number of nitrogens with two attached hydrogens (primary N) is 1. The van der Waals surface area contributed by atoms with E-state index in [0.29, 0.717) is 19.8 Å². The van der Waals surface area contributed by atoms with Crippen molar-refractivity contribution in [2.45, 2.75) is 51.5 Å². The molecule has 1 rings (SSSR count). The van der Waals surface area contributed by atoms with Crippen molar-refractivity contribution < 1.29 is 14.2 Å². The summed E-state index contributed by atoms with van der Waals surface area (Å²) in [7, 11) is 0. The lowest BCUT2D eigenvalue weighted by Gasteiger charge is -2.21. The first-order valence-corrected chi connectivity index (χ1v) is 5.88. The van der Waals surface area contributed by atoms with Crippen LogP contribution in [0.3, 0.4) is 0 Å². The Morgan fingerprint density at radius 3 is 2.33 bits per heavy atom. The van der Waals surface area contributed by atoms with Gasteiger partial charge >= 0.3 is 0 Å². The summed E-state index contributed by atoms with van der Waals surface area (Å²) < 4.78 is 16.5. The van der Waals surface area contributed by atoms with Crippen LogP contribution in [0.5, 0.6) is 0 Å². The van der Waals surface area contributed by atoms with Gasteiger partial charge in [-0.05, 0) is 33.1 Å². The predicted octanol–water partition coefficient (Wildman–Crippen LogP) is 1.28. The van der Waals surface area contributed by atoms with Gasteiger partial charge in [0.1, 0.15) is 0 Å². The zero-order valence-electron chi connectivity index (χ0n) is 9.78. The van der Waals surface area contributed by atoms with Gasteiger partial charge in [0.15, 0.2) is 6.29 Å². The Morgan fingerprint density at radius 1 is 1.20 bits per heavy atom. The molecule has 0 radical (unpaired) electrons. The number of hydrogen-bond acceptors (Lipinski definition) is 4. The third-order valence-corrected chi connectivity index (χ3v) is 2.66. The van der Waals surface area contributed by atoms with Crippen LogP contribution in [0, 0.1) is 0 Å². The first-order valence-electron chi connectivity index (χ1n) is 5.88. The maximum Gasteiger partial charge on any atom is 0.180 e. The normalized spacial score (nSPS) is 26.4. The summed E-state index contributed by atoms with van der Waals surface area (Å²) in [4.78, 5) is 0. The van der Waals surface area contributed by atoms with Crippen LogP contribution in [0.2, 0.25) is 0 Å². The van der Waals surface area contributed by atoms with Gasteiger partial charge in [0, 0.05) is 19.3 Å². The Morgan fingerprint density at radius 2 is 1.87 bits per heavy atom. The summed E-state index contributed by atoms with van der Waals surface area (Å²) in [6, 6.07) is 0.189. The molecule has 0 saturated heterocycles. The van der Waals surface area contributed by atoms with Crippen molar-refractivity contribution in [2.24, 2.45) is 5.73 Å². The summed E-state index contributed by atoms with van der Waals surface area (Å²) in [5.41, 5.74) is 5.91. The molecule has 0 aromatic rings. The van der Waals surface area contributed by atoms with Crippen LogP contribution in [-0.2, 0) is 14.2 Å². The molecule has 4 heteroatoms. The van der Waals surface area contributed by atoms with E-state index in [-0.39, 0.29) is 18.4 Å². The Hall–Kier alpha value is -0.160. The van der Waals surface area contributed by atoms with Gasteiger partial charge in [0.25, 0.3) is 0 Å². The van der Waals surface area contributed by atoms with E-state index in [2.05, 4.69) is 0 Å². The molecule has 90 valence electrons. The zero-order valence-corrected chi connectivity index (χ0v) is 9.78. The van der Waals surface area contributed by atoms with Gasteiger partial charge in [0.2, 0.25) is 0 Å². The van der Waals surface area contributed by atoms with Crippen molar-refractivity contribution >= 4 is 0 Å². The van der Waals surface area contributed by atoms with Gasteiger partial charge in [-0.2, -0.15) is 0 Å². The largest absolute Gasteiger partial charge is 0.371 e. The highest BCUT2D eigenvalue weighted by atomic mass is 16.7. The molecular formula is C11H23NO3. The first kappa shape index (κ1) is 12.9. The van der Waals surface area contributed by atoms with Gasteiger partial charge < -0.3 is 19.9 Å². The fourth-order valence-electron chi connectivity index (χ4n) is 1.88. The van der Waals surface area contributed by atoms with Gasteiger partial charge in [-0.25, -0.2) is 0 Å². The Labute approximate surface area is 92.1 Å². The molecule has 1 saturated carbocycles. The van der Waals surface area contributed by atoms with Crippen molar-refractivity contribution in [1.82, 2.24) is 0 Å². The van der Waals surface area contributed by atoms with Gasteiger partial charge in [0.05, 0.1) is 12.7 Å². The van der Waals surface area contributed by atoms with E-state index in [4.69, 9.17) is 19.9 Å². The lowest BCUT2D eigenvalue weighted by molar-refractivity contribution is -0.176. The summed E-state index contributed by atoms with van der Waals surface area (Å²) in [5.74, 6) is 0. The van der Waals surface area contributed by atoms with Gasteiger partial charge in [-0.15, -0.1) is 0 Å². The minimum absolute atomic E-state index is 0.188. The van der Waals surface area contributed by atoms with Crippen LogP contribution in [0.25, 0.3) is 0 Å². The zero-order chi connectivity index (χ0) is 11.1. The molecule has 0 aromatic heterocycles. The molecule has 0 bridgehead atoms. The van der Waals surface area contributed by atoms with Crippen LogP contribution < -0.4 is 5.73 Å². The number of hydrogen-bond donors (Lipinski definition) is 1. The molecule has 0 aliphatic heterocycles. The summed E-state index contributed by atoms with van der Waals surface area (Å²) in [6.45, 7) is 5.68. The predicted molar refractivity (Wildman–Crippen MR) is 58.6 cm³/mol. The molecule has 2 atom stereocenters. The smallest absolute Gasteiger partial charge is 0.180 e. The highest BCUT2D eigenvalue weighted by Gasteiger charge is 2.25. The minimum atomic E-state index is -0.243. The molecule has 1 aliphatic rings. The van der Waals surface area contributed by atoms with E-state index < -0.39 is 0 Å². The molecule has 0 spiro atoms. The maximum absolute atomic E-state index is 5.91. The second-order valence-electron chi connectivity index (χ2n) is 3.81. The highest BCUT2D eigenvalue weighted by molar-refractivity contribution is 4.80. The lowest BCUT2D eigenvalue weighted by atomic mass is 10.2. The average Bonchev–Trinajstić information content (AvgIpc) is 2.61.